The van der Waals surface area contributed by atoms with Crippen LogP contribution in [0.15, 0.2) is 6.07 Å². The molecule has 3 atom stereocenters. The van der Waals surface area contributed by atoms with Crippen LogP contribution in [0.4, 0.5) is 0 Å². The number of carbonyl (C=O) groups is 1. The Morgan fingerprint density at radius 2 is 2.10 bits per heavy atom. The van der Waals surface area contributed by atoms with E-state index in [1.54, 1.807) is 0 Å². The predicted molar refractivity (Wildman–Crippen MR) is 84.6 cm³/mol. The van der Waals surface area contributed by atoms with E-state index in [0.717, 1.165) is 31.6 Å². The summed E-state index contributed by atoms with van der Waals surface area (Å²) in [5, 5.41) is 4.38. The lowest BCUT2D eigenvalue weighted by Crippen LogP contribution is -2.33. The summed E-state index contributed by atoms with van der Waals surface area (Å²) in [6.07, 6.45) is 2.27. The summed E-state index contributed by atoms with van der Waals surface area (Å²) < 4.78 is 1.82. The molecule has 1 aliphatic heterocycles. The lowest BCUT2D eigenvalue weighted by atomic mass is 9.98. The maximum absolute atomic E-state index is 12.6. The minimum absolute atomic E-state index is 0. The van der Waals surface area contributed by atoms with E-state index in [0.29, 0.717) is 23.4 Å². The molecule has 2 fully saturated rings. The second kappa shape index (κ2) is 5.97. The molecule has 2 heterocycles. The molecule has 1 aromatic heterocycles. The lowest BCUT2D eigenvalue weighted by molar-refractivity contribution is 0.0773. The van der Waals surface area contributed by atoms with E-state index >= 15 is 0 Å². The quantitative estimate of drug-likeness (QED) is 0.905. The highest BCUT2D eigenvalue weighted by molar-refractivity contribution is 5.92. The van der Waals surface area contributed by atoms with Crippen molar-refractivity contribution in [1.82, 2.24) is 14.7 Å². The van der Waals surface area contributed by atoms with Crippen molar-refractivity contribution in [2.24, 2.45) is 24.6 Å². The van der Waals surface area contributed by atoms with E-state index in [2.05, 4.69) is 18.9 Å². The summed E-state index contributed by atoms with van der Waals surface area (Å²) in [6.45, 7) is 5.89. The van der Waals surface area contributed by atoms with Crippen molar-refractivity contribution < 1.29 is 4.79 Å². The molecule has 0 spiro atoms. The van der Waals surface area contributed by atoms with Crippen LogP contribution in [0, 0.1) is 11.8 Å². The number of rotatable bonds is 2. The Bertz CT molecular complexity index is 528. The first-order valence-corrected chi connectivity index (χ1v) is 7.56. The van der Waals surface area contributed by atoms with Gasteiger partial charge in [-0.05, 0) is 36.7 Å². The molecule has 3 unspecified atom stereocenters. The second-order valence-electron chi connectivity index (χ2n) is 6.61. The molecule has 1 saturated carbocycles. The zero-order valence-corrected chi connectivity index (χ0v) is 13.8. The summed E-state index contributed by atoms with van der Waals surface area (Å²) in [7, 11) is 1.90. The van der Waals surface area contributed by atoms with Gasteiger partial charge in [-0.15, -0.1) is 12.4 Å². The van der Waals surface area contributed by atoms with E-state index in [1.165, 1.54) is 0 Å². The molecule has 5 nitrogen and oxygen atoms in total. The standard InChI is InChI=1S/C15H24N4O.ClH/c1-9(2)14-6-13(17-18(14)3)15(20)19-7-10-4-5-12(16)11(10)8-19;/h6,9-12H,4-5,7-8,16H2,1-3H3;1H. The summed E-state index contributed by atoms with van der Waals surface area (Å²) in [4.78, 5) is 14.5. The minimum Gasteiger partial charge on any atom is -0.337 e. The molecule has 6 heteroatoms. The normalized spacial score (nSPS) is 27.9. The van der Waals surface area contributed by atoms with Crippen molar-refractivity contribution in [3.8, 4) is 0 Å². The molecular formula is C15H25ClN4O. The molecule has 3 rings (SSSR count). The van der Waals surface area contributed by atoms with Crippen LogP contribution in [-0.4, -0.2) is 39.7 Å². The fourth-order valence-corrected chi connectivity index (χ4v) is 3.76. The Labute approximate surface area is 132 Å². The maximum atomic E-state index is 12.6. The molecule has 1 saturated heterocycles. The van der Waals surface area contributed by atoms with Crippen LogP contribution in [0.3, 0.4) is 0 Å². The summed E-state index contributed by atoms with van der Waals surface area (Å²) in [5.74, 6) is 1.53. The maximum Gasteiger partial charge on any atom is 0.274 e. The molecule has 1 aliphatic carbocycles. The third-order valence-corrected chi connectivity index (χ3v) is 4.93. The Balaban J connectivity index is 0.00000161. The molecular weight excluding hydrogens is 288 g/mol. The van der Waals surface area contributed by atoms with Gasteiger partial charge in [-0.25, -0.2) is 0 Å². The van der Waals surface area contributed by atoms with E-state index in [4.69, 9.17) is 5.73 Å². The topological polar surface area (TPSA) is 64.2 Å². The highest BCUT2D eigenvalue weighted by Crippen LogP contribution is 2.37. The summed E-state index contributed by atoms with van der Waals surface area (Å²) in [5.41, 5.74) is 7.81. The van der Waals surface area contributed by atoms with Gasteiger partial charge in [-0.3, -0.25) is 9.48 Å². The molecule has 118 valence electrons. The van der Waals surface area contributed by atoms with Crippen molar-refractivity contribution in [1.29, 1.82) is 0 Å². The van der Waals surface area contributed by atoms with Gasteiger partial charge >= 0.3 is 0 Å². The Hall–Kier alpha value is -1.07. The number of halogens is 1. The Kier molecular flexibility index (Phi) is 4.63. The average molecular weight is 313 g/mol. The second-order valence-corrected chi connectivity index (χ2v) is 6.61. The minimum atomic E-state index is 0. The first kappa shape index (κ1) is 16.3. The van der Waals surface area contributed by atoms with Gasteiger partial charge in [-0.1, -0.05) is 13.8 Å². The van der Waals surface area contributed by atoms with Crippen LogP contribution in [0.5, 0.6) is 0 Å². The van der Waals surface area contributed by atoms with Crippen LogP contribution < -0.4 is 5.73 Å². The van der Waals surface area contributed by atoms with Crippen LogP contribution in [0.25, 0.3) is 0 Å². The van der Waals surface area contributed by atoms with E-state index in [9.17, 15) is 4.79 Å². The van der Waals surface area contributed by atoms with Crippen LogP contribution >= 0.6 is 12.4 Å². The fourth-order valence-electron chi connectivity index (χ4n) is 3.76. The first-order chi connectivity index (χ1) is 9.47. The third kappa shape index (κ3) is 2.81. The molecule has 0 aromatic carbocycles. The summed E-state index contributed by atoms with van der Waals surface area (Å²) in [6, 6.07) is 2.20. The molecule has 0 radical (unpaired) electrons. The van der Waals surface area contributed by atoms with Gasteiger partial charge < -0.3 is 10.6 Å². The largest absolute Gasteiger partial charge is 0.337 e. The van der Waals surface area contributed by atoms with Crippen molar-refractivity contribution >= 4 is 18.3 Å². The van der Waals surface area contributed by atoms with Crippen LogP contribution in [-0.2, 0) is 7.05 Å². The fraction of sp³-hybridized carbons (Fsp3) is 0.733. The SMILES string of the molecule is CC(C)c1cc(C(=O)N2CC3CCC(N)C3C2)nn1C.Cl. The van der Waals surface area contributed by atoms with Crippen LogP contribution in [0.2, 0.25) is 0 Å². The molecule has 2 N–H and O–H groups in total. The average Bonchev–Trinajstić information content (AvgIpc) is 3.05. The third-order valence-electron chi connectivity index (χ3n) is 4.93. The molecule has 21 heavy (non-hydrogen) atoms. The highest BCUT2D eigenvalue weighted by atomic mass is 35.5. The number of carbonyl (C=O) groups excluding carboxylic acids is 1. The zero-order valence-electron chi connectivity index (χ0n) is 13.0. The Morgan fingerprint density at radius 3 is 2.67 bits per heavy atom. The Morgan fingerprint density at radius 1 is 1.38 bits per heavy atom. The van der Waals surface area contributed by atoms with Gasteiger partial charge in [0.25, 0.3) is 5.91 Å². The number of aromatic nitrogens is 2. The molecule has 1 aromatic rings. The smallest absolute Gasteiger partial charge is 0.274 e. The lowest BCUT2D eigenvalue weighted by Gasteiger charge is -2.17. The van der Waals surface area contributed by atoms with E-state index < -0.39 is 0 Å². The zero-order chi connectivity index (χ0) is 14.4. The first-order valence-electron chi connectivity index (χ1n) is 7.56. The van der Waals surface area contributed by atoms with Gasteiger partial charge in [0.15, 0.2) is 5.69 Å². The van der Waals surface area contributed by atoms with Crippen molar-refractivity contribution in [2.75, 3.05) is 13.1 Å². The number of hydrogen-bond acceptors (Lipinski definition) is 3. The van der Waals surface area contributed by atoms with Gasteiger partial charge in [0, 0.05) is 31.9 Å². The van der Waals surface area contributed by atoms with Gasteiger partial charge in [-0.2, -0.15) is 5.10 Å². The molecule has 2 aliphatic rings. The van der Waals surface area contributed by atoms with Gasteiger partial charge in [0.2, 0.25) is 0 Å². The van der Waals surface area contributed by atoms with Gasteiger partial charge in [0.05, 0.1) is 0 Å². The number of amides is 1. The number of nitrogens with two attached hydrogens (primary N) is 1. The highest BCUT2D eigenvalue weighted by Gasteiger charge is 2.43. The van der Waals surface area contributed by atoms with Crippen molar-refractivity contribution in [3.63, 3.8) is 0 Å². The number of hydrogen-bond donors (Lipinski definition) is 1. The van der Waals surface area contributed by atoms with E-state index in [-0.39, 0.29) is 24.4 Å². The van der Waals surface area contributed by atoms with E-state index in [1.807, 2.05) is 22.7 Å². The monoisotopic (exact) mass is 312 g/mol. The van der Waals surface area contributed by atoms with Gasteiger partial charge in [0.1, 0.15) is 0 Å². The van der Waals surface area contributed by atoms with Crippen LogP contribution in [0.1, 0.15) is 48.8 Å². The van der Waals surface area contributed by atoms with Crippen molar-refractivity contribution in [3.05, 3.63) is 17.5 Å². The molecule has 0 bridgehead atoms. The summed E-state index contributed by atoms with van der Waals surface area (Å²) >= 11 is 0. The number of fused-ring (bicyclic) bond motifs is 1. The molecule has 1 amide bonds. The van der Waals surface area contributed by atoms with Crippen molar-refractivity contribution in [2.45, 2.75) is 38.6 Å². The predicted octanol–water partition coefficient (Wildman–Crippen LogP) is 1.77. The number of likely N-dealkylation sites (tertiary alicyclic amines) is 1. The number of aryl methyl sites for hydroxylation is 1. The number of nitrogens with zero attached hydrogens (tertiary/aromatic N) is 3.